The molecule has 19 heteroatoms. The van der Waals surface area contributed by atoms with E-state index >= 15 is 0 Å². The topological polar surface area (TPSA) is 366 Å². The maximum atomic E-state index is 12.8. The summed E-state index contributed by atoms with van der Waals surface area (Å²) in [6.07, 6.45) is -0.221. The number of nitrogens with two attached hydrogens (primary N) is 8. The zero-order valence-electron chi connectivity index (χ0n) is 27.3. The summed E-state index contributed by atoms with van der Waals surface area (Å²) in [5.41, 5.74) is 38.4. The molecule has 0 aliphatic rings. The summed E-state index contributed by atoms with van der Waals surface area (Å²) in [5.74, 6) is -4.74. The first-order valence-electron chi connectivity index (χ1n) is 14.0. The zero-order chi connectivity index (χ0) is 34.4. The summed E-state index contributed by atoms with van der Waals surface area (Å²) in [6, 6.07) is 15.9. The van der Waals surface area contributed by atoms with E-state index in [0.717, 1.165) is 0 Å². The van der Waals surface area contributed by atoms with E-state index in [0.29, 0.717) is 73.9 Å². The van der Waals surface area contributed by atoms with Crippen molar-refractivity contribution in [2.75, 3.05) is 52.4 Å². The van der Waals surface area contributed by atoms with Gasteiger partial charge in [-0.05, 0) is 62.4 Å². The Morgan fingerprint density at radius 2 is 0.740 bits per heavy atom. The third kappa shape index (κ3) is 19.6. The first-order valence-corrected chi connectivity index (χ1v) is 14.0. The van der Waals surface area contributed by atoms with E-state index in [4.69, 9.17) is 45.9 Å². The summed E-state index contributed by atoms with van der Waals surface area (Å²) in [7, 11) is 0. The molecule has 0 aliphatic carbocycles. The van der Waals surface area contributed by atoms with Gasteiger partial charge in [-0.3, -0.25) is 0 Å². The summed E-state index contributed by atoms with van der Waals surface area (Å²) < 4.78 is 0. The fourth-order valence-corrected chi connectivity index (χ4v) is 3.64. The average Bonchev–Trinajstić information content (AvgIpc) is 3.06. The fraction of sp³-hybridized carbons (Fsp3) is 0.290. The van der Waals surface area contributed by atoms with Crippen LogP contribution < -0.4 is 91.1 Å². The molecule has 15 nitrogen and oxygen atoms in total. The van der Waals surface area contributed by atoms with E-state index in [9.17, 15) is 30.0 Å². The van der Waals surface area contributed by atoms with Crippen LogP contribution in [-0.2, 0) is 41.1 Å². The smallest absolute Gasteiger partial charge is 1.00 e. The van der Waals surface area contributed by atoms with Gasteiger partial charge in [-0.1, -0.05) is 60.0 Å². The van der Waals surface area contributed by atoms with Crippen molar-refractivity contribution in [1.29, 1.82) is 0 Å². The van der Waals surface area contributed by atoms with Crippen LogP contribution in [0.5, 0.6) is 11.5 Å². The number of carbonyl (C=O) groups is 2. The molecule has 0 aliphatic heterocycles. The number of carboxylic acid groups (broad SMARTS) is 2. The Labute approximate surface area is 326 Å². The number of carboxylic acids is 2. The predicted octanol–water partition coefficient (Wildman–Crippen LogP) is -10.7. The van der Waals surface area contributed by atoms with Gasteiger partial charge in [0.05, 0.1) is 11.9 Å². The molecular weight excluding hydrogens is 771 g/mol. The normalized spacial score (nSPS) is 8.80. The third-order valence-corrected chi connectivity index (χ3v) is 5.67. The first-order chi connectivity index (χ1) is 21.5. The fourth-order valence-electron chi connectivity index (χ4n) is 3.64. The molecule has 4 aromatic rings. The van der Waals surface area contributed by atoms with Crippen molar-refractivity contribution < 1.29 is 95.0 Å². The largest absolute Gasteiger partial charge is 3.00 e. The van der Waals surface area contributed by atoms with Crippen LogP contribution in [0.1, 0.15) is 31.8 Å². The number of carbonyl (C=O) groups excluding carboxylic acids is 2. The van der Waals surface area contributed by atoms with Crippen molar-refractivity contribution in [2.24, 2.45) is 45.9 Å². The van der Waals surface area contributed by atoms with Crippen molar-refractivity contribution in [3.63, 3.8) is 0 Å². The number of aromatic carboxylic acids is 2. The van der Waals surface area contributed by atoms with Crippen molar-refractivity contribution in [3.8, 4) is 11.5 Å². The van der Waals surface area contributed by atoms with Crippen LogP contribution in [-0.4, -0.2) is 69.8 Å². The number of fused-ring (bicyclic) bond motifs is 2. The maximum Gasteiger partial charge on any atom is 3.00 e. The van der Waals surface area contributed by atoms with Crippen molar-refractivity contribution in [1.82, 2.24) is 0 Å². The molecule has 0 aromatic heterocycles. The van der Waals surface area contributed by atoms with Crippen molar-refractivity contribution in [3.05, 3.63) is 82.9 Å². The van der Waals surface area contributed by atoms with Crippen LogP contribution in [0.15, 0.2) is 60.7 Å². The molecule has 0 amide bonds. The molecule has 2 radical (unpaired) electrons. The van der Waals surface area contributed by atoms with E-state index in [1.807, 2.05) is 0 Å². The minimum atomic E-state index is -1.61. The quantitative estimate of drug-likeness (QED) is 0.0819. The molecule has 0 fully saturated rings. The van der Waals surface area contributed by atoms with E-state index in [1.54, 1.807) is 48.5 Å². The van der Waals surface area contributed by atoms with Gasteiger partial charge >= 0.3 is 34.7 Å². The van der Waals surface area contributed by atoms with Gasteiger partial charge in [-0.15, -0.1) is 0 Å². The molecule has 0 saturated heterocycles. The van der Waals surface area contributed by atoms with Crippen molar-refractivity contribution in [2.45, 2.75) is 6.42 Å². The number of hydrogen-bond acceptors (Lipinski definition) is 14. The monoisotopic (exact) mass is 816 g/mol. The van der Waals surface area contributed by atoms with Crippen LogP contribution >= 0.6 is 0 Å². The SMILES string of the molecule is NCCN.NCCN.NCCN.NCCN.O.O=C([O-])c1cc2ccccc2c(Cc2c([O-])c(C(=O)[O-])cc3ccccc23)c1[O-].[Cl-].[Cl-].[Cr+3].[Cr+3]. The number of hydrogen-bond donors (Lipinski definition) is 8. The second-order valence-electron chi connectivity index (χ2n) is 8.97. The molecule has 50 heavy (non-hydrogen) atoms. The second-order valence-corrected chi connectivity index (χ2v) is 8.97. The minimum absolute atomic E-state index is 0. The molecule has 0 heterocycles. The molecule has 0 unspecified atom stereocenters. The van der Waals surface area contributed by atoms with Crippen molar-refractivity contribution >= 4 is 33.5 Å². The summed E-state index contributed by atoms with van der Waals surface area (Å²) in [4.78, 5) is 22.9. The van der Waals surface area contributed by atoms with Gasteiger partial charge in [0.1, 0.15) is 0 Å². The van der Waals surface area contributed by atoms with Crippen LogP contribution in [0, 0.1) is 0 Å². The number of halogens is 2. The molecule has 18 N–H and O–H groups in total. The molecule has 0 atom stereocenters. The second kappa shape index (κ2) is 34.7. The molecule has 0 spiro atoms. The van der Waals surface area contributed by atoms with E-state index in [2.05, 4.69) is 0 Å². The summed E-state index contributed by atoms with van der Waals surface area (Å²) in [5, 5.41) is 50.6. The Morgan fingerprint density at radius 1 is 0.500 bits per heavy atom. The summed E-state index contributed by atoms with van der Waals surface area (Å²) in [6.45, 7) is 4.78. The first kappa shape index (κ1) is 59.4. The van der Waals surface area contributed by atoms with Gasteiger partial charge in [0, 0.05) is 52.4 Å². The number of rotatable bonds is 8. The van der Waals surface area contributed by atoms with Gasteiger partial charge in [0.2, 0.25) is 0 Å². The van der Waals surface area contributed by atoms with Crippen LogP contribution in [0.2, 0.25) is 0 Å². The van der Waals surface area contributed by atoms with Gasteiger partial charge in [0.25, 0.3) is 0 Å². The molecule has 0 bridgehead atoms. The van der Waals surface area contributed by atoms with Crippen LogP contribution in [0.3, 0.4) is 0 Å². The van der Waals surface area contributed by atoms with Crippen LogP contribution in [0.25, 0.3) is 21.5 Å². The summed E-state index contributed by atoms with van der Waals surface area (Å²) >= 11 is 0. The molecule has 4 rings (SSSR count). The van der Waals surface area contributed by atoms with E-state index < -0.39 is 34.6 Å². The molecule has 0 saturated carbocycles. The maximum absolute atomic E-state index is 12.8. The Bertz CT molecular complexity index is 1370. The molecule has 4 aromatic carbocycles. The van der Waals surface area contributed by atoms with E-state index in [-0.39, 0.29) is 82.6 Å². The standard InChI is InChI=1S/C23H16O6.4C2H8N2.2ClH.2Cr.H2O/c24-20-16(14-7-3-1-5-12(14)9-18(20)22(26)27)11-17-15-8-4-2-6-13(15)10-19(21(17)25)23(28)29;4*3-1-2-4;;;;;/h1-10,24-25H,11H2,(H,26,27)(H,28,29);4*1-4H2;2*1H;;;1H2/q;;;;;;;2*+3;/p-6. The Balaban J connectivity index is -0.000000196. The third-order valence-electron chi connectivity index (χ3n) is 5.67. The van der Waals surface area contributed by atoms with Gasteiger partial charge < -0.3 is 106 Å². The van der Waals surface area contributed by atoms with Gasteiger partial charge in [-0.25, -0.2) is 0 Å². The van der Waals surface area contributed by atoms with Crippen LogP contribution in [0.4, 0.5) is 0 Å². The van der Waals surface area contributed by atoms with Gasteiger partial charge in [0.15, 0.2) is 0 Å². The Morgan fingerprint density at radius 3 is 0.960 bits per heavy atom. The Hall–Kier alpha value is -2.78. The Kier molecular flexibility index (Phi) is 41.2. The average molecular weight is 818 g/mol. The molecular formula is C31H46Cl2Cr2N8O7. The minimum Gasteiger partial charge on any atom is -1.00 e. The molecule has 278 valence electrons. The van der Waals surface area contributed by atoms with Gasteiger partial charge in [-0.2, -0.15) is 0 Å². The van der Waals surface area contributed by atoms with E-state index in [1.165, 1.54) is 12.1 Å². The zero-order valence-corrected chi connectivity index (χ0v) is 31.3. The number of benzene rings is 4. The predicted molar refractivity (Wildman–Crippen MR) is 174 cm³/mol.